The van der Waals surface area contributed by atoms with Gasteiger partial charge in [-0.25, -0.2) is 4.39 Å². The molecule has 28 heavy (non-hydrogen) atoms. The normalized spacial score (nSPS) is 11.0. The van der Waals surface area contributed by atoms with Crippen LogP contribution in [0.5, 0.6) is 0 Å². The molecule has 0 atom stereocenters. The lowest BCUT2D eigenvalue weighted by molar-refractivity contribution is -0.113. The molecular weight excluding hydrogens is 470 g/mol. The van der Waals surface area contributed by atoms with Crippen molar-refractivity contribution >= 4 is 46.2 Å². The SMILES string of the molecule is O=C(Nc1ccc(I)cc1)/C(=C\c1ccc(F)cc1)NC(=O)c1ccccc1. The smallest absolute Gasteiger partial charge is 0.272 e. The fourth-order valence-electron chi connectivity index (χ4n) is 2.40. The van der Waals surface area contributed by atoms with Crippen molar-refractivity contribution in [3.63, 3.8) is 0 Å². The largest absolute Gasteiger partial charge is 0.321 e. The van der Waals surface area contributed by atoms with Gasteiger partial charge in [0.05, 0.1) is 0 Å². The molecule has 2 N–H and O–H groups in total. The topological polar surface area (TPSA) is 58.2 Å². The van der Waals surface area contributed by atoms with Crippen LogP contribution in [0.15, 0.2) is 84.6 Å². The minimum absolute atomic E-state index is 0.0546. The molecule has 0 aromatic heterocycles. The summed E-state index contributed by atoms with van der Waals surface area (Å²) < 4.78 is 14.2. The maximum atomic E-state index is 13.2. The monoisotopic (exact) mass is 486 g/mol. The van der Waals surface area contributed by atoms with Crippen molar-refractivity contribution in [3.05, 3.63) is 105 Å². The summed E-state index contributed by atoms with van der Waals surface area (Å²) in [6, 6.07) is 21.5. The third-order valence-corrected chi connectivity index (χ3v) is 4.53. The lowest BCUT2D eigenvalue weighted by atomic mass is 10.1. The summed E-state index contributed by atoms with van der Waals surface area (Å²) in [6.07, 6.45) is 1.50. The minimum atomic E-state index is -0.477. The van der Waals surface area contributed by atoms with Gasteiger partial charge in [-0.1, -0.05) is 30.3 Å². The first-order chi connectivity index (χ1) is 13.5. The Bertz CT molecular complexity index is 1000. The van der Waals surface area contributed by atoms with Crippen LogP contribution in [0.2, 0.25) is 0 Å². The number of anilines is 1. The van der Waals surface area contributed by atoms with Crippen molar-refractivity contribution in [2.75, 3.05) is 5.32 Å². The van der Waals surface area contributed by atoms with Crippen LogP contribution in [0.25, 0.3) is 6.08 Å². The summed E-state index contributed by atoms with van der Waals surface area (Å²) in [5.74, 6) is -1.27. The molecule has 0 aliphatic rings. The van der Waals surface area contributed by atoms with E-state index in [0.717, 1.165) is 3.57 Å². The molecule has 3 rings (SSSR count). The van der Waals surface area contributed by atoms with Gasteiger partial charge < -0.3 is 10.6 Å². The number of nitrogens with one attached hydrogen (secondary N) is 2. The number of carbonyl (C=O) groups excluding carboxylic acids is 2. The van der Waals surface area contributed by atoms with Crippen LogP contribution in [0.3, 0.4) is 0 Å². The van der Waals surface area contributed by atoms with Crippen LogP contribution in [0.4, 0.5) is 10.1 Å². The minimum Gasteiger partial charge on any atom is -0.321 e. The van der Waals surface area contributed by atoms with E-state index in [1.165, 1.54) is 30.3 Å². The Morgan fingerprint density at radius 2 is 1.50 bits per heavy atom. The predicted octanol–water partition coefficient (Wildman–Crippen LogP) is 4.84. The molecule has 140 valence electrons. The van der Waals surface area contributed by atoms with E-state index in [2.05, 4.69) is 33.2 Å². The summed E-state index contributed by atoms with van der Waals surface area (Å²) in [4.78, 5) is 25.3. The molecule has 0 bridgehead atoms. The van der Waals surface area contributed by atoms with Crippen LogP contribution in [0, 0.1) is 9.39 Å². The molecule has 0 saturated heterocycles. The Morgan fingerprint density at radius 1 is 0.857 bits per heavy atom. The highest BCUT2D eigenvalue weighted by molar-refractivity contribution is 14.1. The maximum Gasteiger partial charge on any atom is 0.272 e. The van der Waals surface area contributed by atoms with Gasteiger partial charge in [0.2, 0.25) is 0 Å². The summed E-state index contributed by atoms with van der Waals surface area (Å²) in [5.41, 5.74) is 1.67. The van der Waals surface area contributed by atoms with Crippen molar-refractivity contribution in [3.8, 4) is 0 Å². The Morgan fingerprint density at radius 3 is 2.14 bits per heavy atom. The van der Waals surface area contributed by atoms with Gasteiger partial charge >= 0.3 is 0 Å². The van der Waals surface area contributed by atoms with Gasteiger partial charge in [0, 0.05) is 14.8 Å². The highest BCUT2D eigenvalue weighted by atomic mass is 127. The van der Waals surface area contributed by atoms with E-state index >= 15 is 0 Å². The molecule has 0 radical (unpaired) electrons. The van der Waals surface area contributed by atoms with Gasteiger partial charge in [-0.3, -0.25) is 9.59 Å². The molecule has 0 unspecified atom stereocenters. The standard InChI is InChI=1S/C22H16FIN2O2/c23-17-8-6-15(7-9-17)14-20(26-21(27)16-4-2-1-3-5-16)22(28)25-19-12-10-18(24)11-13-19/h1-14H,(H,25,28)(H,26,27)/b20-14+. The predicted molar refractivity (Wildman–Crippen MR) is 116 cm³/mol. The second kappa shape index (κ2) is 9.27. The third-order valence-electron chi connectivity index (χ3n) is 3.81. The molecular formula is C22H16FIN2O2. The molecule has 6 heteroatoms. The number of hydrogen-bond donors (Lipinski definition) is 2. The lowest BCUT2D eigenvalue weighted by Crippen LogP contribution is -2.30. The van der Waals surface area contributed by atoms with Gasteiger partial charge in [0.1, 0.15) is 11.5 Å². The van der Waals surface area contributed by atoms with Crippen LogP contribution in [0.1, 0.15) is 15.9 Å². The summed E-state index contributed by atoms with van der Waals surface area (Å²) in [6.45, 7) is 0. The van der Waals surface area contributed by atoms with Gasteiger partial charge in [-0.15, -0.1) is 0 Å². The van der Waals surface area contributed by atoms with Gasteiger partial charge in [0.25, 0.3) is 11.8 Å². The Hall–Kier alpha value is -3.00. The van der Waals surface area contributed by atoms with Crippen LogP contribution >= 0.6 is 22.6 Å². The molecule has 0 aliphatic heterocycles. The van der Waals surface area contributed by atoms with Crippen molar-refractivity contribution in [2.24, 2.45) is 0 Å². The Labute approximate surface area is 175 Å². The summed E-state index contributed by atoms with van der Waals surface area (Å²) in [5, 5.41) is 5.40. The van der Waals surface area contributed by atoms with Crippen molar-refractivity contribution in [2.45, 2.75) is 0 Å². The zero-order chi connectivity index (χ0) is 19.9. The Balaban J connectivity index is 1.86. The Kier molecular flexibility index (Phi) is 6.54. The lowest BCUT2D eigenvalue weighted by Gasteiger charge is -2.11. The molecule has 0 aliphatic carbocycles. The average molecular weight is 486 g/mol. The summed E-state index contributed by atoms with van der Waals surface area (Å²) in [7, 11) is 0. The molecule has 0 heterocycles. The van der Waals surface area contributed by atoms with Crippen molar-refractivity contribution in [1.82, 2.24) is 5.32 Å². The highest BCUT2D eigenvalue weighted by Gasteiger charge is 2.15. The van der Waals surface area contributed by atoms with E-state index in [0.29, 0.717) is 16.8 Å². The number of amides is 2. The first-order valence-corrected chi connectivity index (χ1v) is 9.50. The van der Waals surface area contributed by atoms with Crippen LogP contribution < -0.4 is 10.6 Å². The zero-order valence-corrected chi connectivity index (χ0v) is 16.8. The molecule has 3 aromatic carbocycles. The van der Waals surface area contributed by atoms with E-state index in [1.54, 1.807) is 42.5 Å². The molecule has 3 aromatic rings. The molecule has 0 fully saturated rings. The van der Waals surface area contributed by atoms with Crippen LogP contribution in [-0.4, -0.2) is 11.8 Å². The molecule has 4 nitrogen and oxygen atoms in total. The van der Waals surface area contributed by atoms with Gasteiger partial charge in [0.15, 0.2) is 0 Å². The second-order valence-electron chi connectivity index (χ2n) is 5.89. The average Bonchev–Trinajstić information content (AvgIpc) is 2.71. The maximum absolute atomic E-state index is 13.2. The molecule has 0 spiro atoms. The fraction of sp³-hybridized carbons (Fsp3) is 0. The van der Waals surface area contributed by atoms with E-state index in [1.807, 2.05) is 12.1 Å². The number of hydrogen-bond acceptors (Lipinski definition) is 2. The highest BCUT2D eigenvalue weighted by Crippen LogP contribution is 2.14. The van der Waals surface area contributed by atoms with Crippen molar-refractivity contribution in [1.29, 1.82) is 0 Å². The zero-order valence-electron chi connectivity index (χ0n) is 14.7. The third kappa shape index (κ3) is 5.50. The van der Waals surface area contributed by atoms with Gasteiger partial charge in [-0.2, -0.15) is 0 Å². The van der Waals surface area contributed by atoms with E-state index in [-0.39, 0.29) is 11.5 Å². The number of benzene rings is 3. The van der Waals surface area contributed by atoms with Gasteiger partial charge in [-0.05, 0) is 82.8 Å². The first kappa shape index (κ1) is 19.8. The quantitative estimate of drug-likeness (QED) is 0.401. The first-order valence-electron chi connectivity index (χ1n) is 8.42. The number of carbonyl (C=O) groups is 2. The van der Waals surface area contributed by atoms with E-state index in [9.17, 15) is 14.0 Å². The second-order valence-corrected chi connectivity index (χ2v) is 7.14. The van der Waals surface area contributed by atoms with E-state index < -0.39 is 11.8 Å². The summed E-state index contributed by atoms with van der Waals surface area (Å²) >= 11 is 2.17. The number of rotatable bonds is 5. The molecule has 0 saturated carbocycles. The fourth-order valence-corrected chi connectivity index (χ4v) is 2.76. The van der Waals surface area contributed by atoms with E-state index in [4.69, 9.17) is 0 Å². The molecule has 2 amide bonds. The van der Waals surface area contributed by atoms with Crippen molar-refractivity contribution < 1.29 is 14.0 Å². The number of halogens is 2. The van der Waals surface area contributed by atoms with Crippen LogP contribution in [-0.2, 0) is 4.79 Å².